The Balaban J connectivity index is 1.91. The molecule has 90 valence electrons. The van der Waals surface area contributed by atoms with Crippen LogP contribution in [-0.2, 0) is 19.6 Å². The Bertz CT molecular complexity index is 431. The minimum Gasteiger partial charge on any atom is -0.367 e. The maximum atomic E-state index is 5.58. The average molecular weight is 229 g/mol. The molecule has 0 saturated heterocycles. The number of aromatic amines is 1. The summed E-state index contributed by atoms with van der Waals surface area (Å²) in [5, 5.41) is 0. The molecule has 0 saturated carbocycles. The van der Waals surface area contributed by atoms with Crippen LogP contribution in [0.1, 0.15) is 16.7 Å². The van der Waals surface area contributed by atoms with E-state index in [4.69, 9.17) is 5.73 Å². The Morgan fingerprint density at radius 3 is 2.24 bits per heavy atom. The molecule has 0 bridgehead atoms. The maximum Gasteiger partial charge on any atom is 0.0249 e. The van der Waals surface area contributed by atoms with Crippen molar-refractivity contribution in [1.82, 2.24) is 9.88 Å². The average Bonchev–Trinajstić information content (AvgIpc) is 2.82. The third-order valence-corrected chi connectivity index (χ3v) is 2.83. The van der Waals surface area contributed by atoms with Crippen LogP contribution in [0, 0.1) is 0 Å². The van der Waals surface area contributed by atoms with Crippen LogP contribution in [0.5, 0.6) is 0 Å². The monoisotopic (exact) mass is 229 g/mol. The summed E-state index contributed by atoms with van der Waals surface area (Å²) in [6, 6.07) is 10.6. The van der Waals surface area contributed by atoms with Gasteiger partial charge in [-0.15, -0.1) is 0 Å². The van der Waals surface area contributed by atoms with E-state index >= 15 is 0 Å². The zero-order chi connectivity index (χ0) is 12.1. The molecule has 0 fully saturated rings. The molecule has 0 spiro atoms. The lowest BCUT2D eigenvalue weighted by Crippen LogP contribution is -2.16. The molecular weight excluding hydrogens is 210 g/mol. The summed E-state index contributed by atoms with van der Waals surface area (Å²) in [5.74, 6) is 0. The molecule has 0 unspecified atom stereocenters. The molecule has 1 heterocycles. The second kappa shape index (κ2) is 5.66. The van der Waals surface area contributed by atoms with Crippen molar-refractivity contribution in [3.8, 4) is 0 Å². The first-order valence-corrected chi connectivity index (χ1v) is 5.86. The minimum absolute atomic E-state index is 0.611. The zero-order valence-corrected chi connectivity index (χ0v) is 10.2. The van der Waals surface area contributed by atoms with E-state index in [9.17, 15) is 0 Å². The second-order valence-corrected chi connectivity index (χ2v) is 4.41. The van der Waals surface area contributed by atoms with Crippen molar-refractivity contribution >= 4 is 0 Å². The fraction of sp³-hybridized carbons (Fsp3) is 0.286. The molecule has 2 aromatic rings. The van der Waals surface area contributed by atoms with Gasteiger partial charge < -0.3 is 10.7 Å². The Morgan fingerprint density at radius 1 is 1.00 bits per heavy atom. The highest BCUT2D eigenvalue weighted by Crippen LogP contribution is 2.09. The van der Waals surface area contributed by atoms with Gasteiger partial charge in [-0.2, -0.15) is 0 Å². The van der Waals surface area contributed by atoms with Gasteiger partial charge in [0.2, 0.25) is 0 Å². The van der Waals surface area contributed by atoms with Crippen LogP contribution in [-0.4, -0.2) is 16.9 Å². The Morgan fingerprint density at radius 2 is 1.65 bits per heavy atom. The molecule has 0 amide bonds. The molecule has 0 atom stereocenters. The van der Waals surface area contributed by atoms with Gasteiger partial charge in [-0.1, -0.05) is 24.3 Å². The summed E-state index contributed by atoms with van der Waals surface area (Å²) in [5.41, 5.74) is 9.39. The fourth-order valence-corrected chi connectivity index (χ4v) is 1.92. The number of benzene rings is 1. The Kier molecular flexibility index (Phi) is 3.96. The van der Waals surface area contributed by atoms with E-state index in [-0.39, 0.29) is 0 Å². The molecule has 1 aromatic heterocycles. The van der Waals surface area contributed by atoms with E-state index in [0.717, 1.165) is 13.1 Å². The third-order valence-electron chi connectivity index (χ3n) is 2.83. The van der Waals surface area contributed by atoms with E-state index in [1.807, 2.05) is 12.4 Å². The number of nitrogens with zero attached hydrogens (tertiary/aromatic N) is 1. The smallest absolute Gasteiger partial charge is 0.0249 e. The maximum absolute atomic E-state index is 5.58. The van der Waals surface area contributed by atoms with Gasteiger partial charge in [0.05, 0.1) is 0 Å². The molecular formula is C14H19N3. The van der Waals surface area contributed by atoms with Crippen molar-refractivity contribution in [3.05, 3.63) is 59.4 Å². The molecule has 2 rings (SSSR count). The molecule has 0 aliphatic heterocycles. The zero-order valence-electron chi connectivity index (χ0n) is 10.2. The number of H-pyrrole nitrogens is 1. The van der Waals surface area contributed by atoms with E-state index in [0.29, 0.717) is 6.54 Å². The third kappa shape index (κ3) is 3.44. The van der Waals surface area contributed by atoms with E-state index in [2.05, 4.69) is 47.3 Å². The molecule has 0 aliphatic carbocycles. The lowest BCUT2D eigenvalue weighted by Gasteiger charge is -2.16. The standard InChI is InChI=1S/C14H19N3/c1-17(11-14-6-7-16-9-14)10-13-4-2-12(8-15)3-5-13/h2-7,9,16H,8,10-11,15H2,1H3. The molecule has 0 radical (unpaired) electrons. The van der Waals surface area contributed by atoms with Gasteiger partial charge in [0, 0.05) is 32.0 Å². The van der Waals surface area contributed by atoms with Gasteiger partial charge in [-0.05, 0) is 29.8 Å². The summed E-state index contributed by atoms with van der Waals surface area (Å²) >= 11 is 0. The minimum atomic E-state index is 0.611. The highest BCUT2D eigenvalue weighted by Gasteiger charge is 2.02. The van der Waals surface area contributed by atoms with Crippen molar-refractivity contribution in [2.45, 2.75) is 19.6 Å². The highest BCUT2D eigenvalue weighted by atomic mass is 15.1. The first-order chi connectivity index (χ1) is 8.28. The molecule has 3 nitrogen and oxygen atoms in total. The second-order valence-electron chi connectivity index (χ2n) is 4.41. The van der Waals surface area contributed by atoms with Crippen LogP contribution in [0.25, 0.3) is 0 Å². The van der Waals surface area contributed by atoms with Crippen LogP contribution in [0.3, 0.4) is 0 Å². The van der Waals surface area contributed by atoms with Crippen LogP contribution in [0.2, 0.25) is 0 Å². The van der Waals surface area contributed by atoms with Crippen LogP contribution in [0.15, 0.2) is 42.7 Å². The molecule has 1 aromatic carbocycles. The lowest BCUT2D eigenvalue weighted by molar-refractivity contribution is 0.319. The van der Waals surface area contributed by atoms with E-state index in [1.165, 1.54) is 16.7 Å². The number of rotatable bonds is 5. The number of hydrogen-bond donors (Lipinski definition) is 2. The van der Waals surface area contributed by atoms with Gasteiger partial charge in [-0.25, -0.2) is 0 Å². The molecule has 3 heteroatoms. The number of nitrogens with two attached hydrogens (primary N) is 1. The van der Waals surface area contributed by atoms with Gasteiger partial charge >= 0.3 is 0 Å². The first-order valence-electron chi connectivity index (χ1n) is 5.86. The van der Waals surface area contributed by atoms with Crippen molar-refractivity contribution in [2.75, 3.05) is 7.05 Å². The number of aromatic nitrogens is 1. The summed E-state index contributed by atoms with van der Waals surface area (Å²) in [4.78, 5) is 5.37. The molecule has 17 heavy (non-hydrogen) atoms. The van der Waals surface area contributed by atoms with Gasteiger partial charge in [0.1, 0.15) is 0 Å². The number of hydrogen-bond acceptors (Lipinski definition) is 2. The normalized spacial score (nSPS) is 11.0. The first kappa shape index (κ1) is 11.9. The Hall–Kier alpha value is -1.58. The fourth-order valence-electron chi connectivity index (χ4n) is 1.92. The molecule has 0 aliphatic rings. The van der Waals surface area contributed by atoms with Gasteiger partial charge in [0.15, 0.2) is 0 Å². The van der Waals surface area contributed by atoms with Gasteiger partial charge in [-0.3, -0.25) is 4.90 Å². The van der Waals surface area contributed by atoms with E-state index in [1.54, 1.807) is 0 Å². The lowest BCUT2D eigenvalue weighted by atomic mass is 10.1. The van der Waals surface area contributed by atoms with Crippen molar-refractivity contribution in [3.63, 3.8) is 0 Å². The molecule has 3 N–H and O–H groups in total. The quantitative estimate of drug-likeness (QED) is 0.824. The van der Waals surface area contributed by atoms with Crippen LogP contribution >= 0.6 is 0 Å². The highest BCUT2D eigenvalue weighted by molar-refractivity contribution is 5.22. The summed E-state index contributed by atoms with van der Waals surface area (Å²) in [6.07, 6.45) is 3.99. The van der Waals surface area contributed by atoms with Crippen LogP contribution in [0.4, 0.5) is 0 Å². The summed E-state index contributed by atoms with van der Waals surface area (Å²) in [6.45, 7) is 2.53. The van der Waals surface area contributed by atoms with Gasteiger partial charge in [0.25, 0.3) is 0 Å². The largest absolute Gasteiger partial charge is 0.367 e. The van der Waals surface area contributed by atoms with E-state index < -0.39 is 0 Å². The summed E-state index contributed by atoms with van der Waals surface area (Å²) in [7, 11) is 2.13. The predicted molar refractivity (Wildman–Crippen MR) is 70.3 cm³/mol. The van der Waals surface area contributed by atoms with Crippen molar-refractivity contribution < 1.29 is 0 Å². The predicted octanol–water partition coefficient (Wildman–Crippen LogP) is 2.11. The topological polar surface area (TPSA) is 45.0 Å². The summed E-state index contributed by atoms with van der Waals surface area (Å²) < 4.78 is 0. The Labute approximate surface area is 102 Å². The SMILES string of the molecule is CN(Cc1ccc(CN)cc1)Cc1cc[nH]c1. The van der Waals surface area contributed by atoms with Crippen molar-refractivity contribution in [1.29, 1.82) is 0 Å². The van der Waals surface area contributed by atoms with Crippen LogP contribution < -0.4 is 5.73 Å². The number of nitrogens with one attached hydrogen (secondary N) is 1. The van der Waals surface area contributed by atoms with Crippen molar-refractivity contribution in [2.24, 2.45) is 5.73 Å².